The summed E-state index contributed by atoms with van der Waals surface area (Å²) in [5.74, 6) is -0.418. The fourth-order valence-corrected chi connectivity index (χ4v) is 3.27. The van der Waals surface area contributed by atoms with E-state index < -0.39 is 12.1 Å². The summed E-state index contributed by atoms with van der Waals surface area (Å²) in [4.78, 5) is 12.4. The van der Waals surface area contributed by atoms with Gasteiger partial charge in [0.2, 0.25) is 0 Å². The molecule has 2 atom stereocenters. The van der Waals surface area contributed by atoms with Gasteiger partial charge in [-0.05, 0) is 29.2 Å². The fraction of sp³-hybridized carbons (Fsp3) is 0.233. The number of ether oxygens (including phenoxy) is 3. The maximum absolute atomic E-state index is 12.4. The molecule has 0 N–H and O–H groups in total. The third-order valence-corrected chi connectivity index (χ3v) is 5.10. The van der Waals surface area contributed by atoms with Crippen molar-refractivity contribution in [3.8, 4) is 0 Å². The molecule has 0 bridgehead atoms. The summed E-state index contributed by atoms with van der Waals surface area (Å²) in [7, 11) is 0. The van der Waals surface area contributed by atoms with Gasteiger partial charge in [-0.2, -0.15) is 0 Å². The van der Waals surface area contributed by atoms with Crippen LogP contribution in [0, 0.1) is 0 Å². The summed E-state index contributed by atoms with van der Waals surface area (Å²) < 4.78 is 17.8. The van der Waals surface area contributed by atoms with E-state index in [1.54, 1.807) is 6.08 Å². The number of hydrogen-bond acceptors (Lipinski definition) is 4. The maximum Gasteiger partial charge on any atom is 0.330 e. The van der Waals surface area contributed by atoms with Crippen LogP contribution in [0.5, 0.6) is 0 Å². The van der Waals surface area contributed by atoms with Crippen LogP contribution < -0.4 is 0 Å². The lowest BCUT2D eigenvalue weighted by Crippen LogP contribution is -2.29. The SMILES string of the molecule is CC/C=C/[C@@H](OCc1ccccc1)[C@@H](/C=C/C(=O)OCc1ccccc1)OCc1ccccc1. The summed E-state index contributed by atoms with van der Waals surface area (Å²) in [5, 5.41) is 0. The quantitative estimate of drug-likeness (QED) is 0.169. The van der Waals surface area contributed by atoms with Crippen LogP contribution in [0.25, 0.3) is 0 Å². The standard InChI is InChI=1S/C30H32O4/c1-2-3-19-28(32-22-25-13-7-4-8-14-25)29(33-23-26-15-9-5-10-16-26)20-21-30(31)34-24-27-17-11-6-12-18-27/h3-21,28-29H,2,22-24H2,1H3/b19-3+,21-20+/t28-,29-/m1/s1. The molecule has 3 rings (SSSR count). The molecule has 0 radical (unpaired) electrons. The first-order chi connectivity index (χ1) is 16.7. The minimum atomic E-state index is -0.462. The number of benzene rings is 3. The molecule has 0 spiro atoms. The number of esters is 1. The Balaban J connectivity index is 1.69. The molecule has 0 aliphatic heterocycles. The number of rotatable bonds is 13. The van der Waals surface area contributed by atoms with E-state index in [-0.39, 0.29) is 12.7 Å². The normalized spacial score (nSPS) is 13.2. The van der Waals surface area contributed by atoms with Gasteiger partial charge in [0.15, 0.2) is 0 Å². The van der Waals surface area contributed by atoms with Crippen molar-refractivity contribution >= 4 is 5.97 Å². The average Bonchev–Trinajstić information content (AvgIpc) is 2.90. The zero-order chi connectivity index (χ0) is 23.8. The third-order valence-electron chi connectivity index (χ3n) is 5.10. The molecule has 0 heterocycles. The maximum atomic E-state index is 12.4. The molecular weight excluding hydrogens is 424 g/mol. The molecule has 0 aliphatic carbocycles. The van der Waals surface area contributed by atoms with Crippen LogP contribution >= 0.6 is 0 Å². The summed E-state index contributed by atoms with van der Waals surface area (Å²) in [6.07, 6.45) is 7.26. The Kier molecular flexibility index (Phi) is 10.8. The lowest BCUT2D eigenvalue weighted by Gasteiger charge is -2.23. The summed E-state index contributed by atoms with van der Waals surface area (Å²) in [6, 6.07) is 29.6. The van der Waals surface area contributed by atoms with Crippen LogP contribution in [0.3, 0.4) is 0 Å². The Morgan fingerprint density at radius 1 is 0.676 bits per heavy atom. The minimum absolute atomic E-state index is 0.225. The highest BCUT2D eigenvalue weighted by Crippen LogP contribution is 2.15. The van der Waals surface area contributed by atoms with Crippen molar-refractivity contribution in [2.45, 2.75) is 45.4 Å². The zero-order valence-corrected chi connectivity index (χ0v) is 19.6. The van der Waals surface area contributed by atoms with E-state index in [1.165, 1.54) is 6.08 Å². The van der Waals surface area contributed by atoms with Gasteiger partial charge in [-0.3, -0.25) is 0 Å². The smallest absolute Gasteiger partial charge is 0.330 e. The van der Waals surface area contributed by atoms with E-state index >= 15 is 0 Å². The van der Waals surface area contributed by atoms with E-state index in [4.69, 9.17) is 14.2 Å². The van der Waals surface area contributed by atoms with Crippen LogP contribution in [-0.2, 0) is 38.8 Å². The van der Waals surface area contributed by atoms with E-state index in [0.29, 0.717) is 13.2 Å². The van der Waals surface area contributed by atoms with Gasteiger partial charge in [-0.25, -0.2) is 4.79 Å². The Morgan fingerprint density at radius 3 is 1.59 bits per heavy atom. The minimum Gasteiger partial charge on any atom is -0.458 e. The van der Waals surface area contributed by atoms with Crippen LogP contribution in [0.4, 0.5) is 0 Å². The molecule has 3 aromatic rings. The highest BCUT2D eigenvalue weighted by Gasteiger charge is 2.19. The van der Waals surface area contributed by atoms with Crippen molar-refractivity contribution < 1.29 is 19.0 Å². The van der Waals surface area contributed by atoms with Crippen LogP contribution in [0.1, 0.15) is 30.0 Å². The van der Waals surface area contributed by atoms with Crippen molar-refractivity contribution in [3.05, 3.63) is 132 Å². The first kappa shape index (κ1) is 25.2. The second kappa shape index (κ2) is 14.6. The molecule has 0 aromatic heterocycles. The van der Waals surface area contributed by atoms with Crippen molar-refractivity contribution in [1.82, 2.24) is 0 Å². The van der Waals surface area contributed by atoms with Crippen molar-refractivity contribution in [3.63, 3.8) is 0 Å². The summed E-state index contributed by atoms with van der Waals surface area (Å²) in [5.41, 5.74) is 3.07. The Morgan fingerprint density at radius 2 is 1.12 bits per heavy atom. The van der Waals surface area contributed by atoms with Gasteiger partial charge < -0.3 is 14.2 Å². The lowest BCUT2D eigenvalue weighted by molar-refractivity contribution is -0.139. The van der Waals surface area contributed by atoms with Gasteiger partial charge in [0.05, 0.1) is 13.2 Å². The summed E-state index contributed by atoms with van der Waals surface area (Å²) >= 11 is 0. The monoisotopic (exact) mass is 456 g/mol. The number of carbonyl (C=O) groups is 1. The van der Waals surface area contributed by atoms with Gasteiger partial charge in [-0.1, -0.05) is 110 Å². The molecule has 0 aliphatic rings. The van der Waals surface area contributed by atoms with E-state index in [0.717, 1.165) is 23.1 Å². The largest absolute Gasteiger partial charge is 0.458 e. The third kappa shape index (κ3) is 9.18. The predicted molar refractivity (Wildman–Crippen MR) is 135 cm³/mol. The van der Waals surface area contributed by atoms with Crippen molar-refractivity contribution in [2.24, 2.45) is 0 Å². The van der Waals surface area contributed by atoms with Crippen LogP contribution in [0.2, 0.25) is 0 Å². The molecule has 3 aromatic carbocycles. The molecule has 176 valence electrons. The average molecular weight is 457 g/mol. The Hall–Kier alpha value is -3.47. The van der Waals surface area contributed by atoms with Gasteiger partial charge in [0, 0.05) is 6.08 Å². The number of allylic oxidation sites excluding steroid dienone is 1. The van der Waals surface area contributed by atoms with Crippen molar-refractivity contribution in [1.29, 1.82) is 0 Å². The molecule has 0 amide bonds. The van der Waals surface area contributed by atoms with Crippen molar-refractivity contribution in [2.75, 3.05) is 0 Å². The molecule has 4 nitrogen and oxygen atoms in total. The number of carbonyl (C=O) groups excluding carboxylic acids is 1. The van der Waals surface area contributed by atoms with Gasteiger partial charge in [0.1, 0.15) is 18.8 Å². The van der Waals surface area contributed by atoms with E-state index in [1.807, 2.05) is 97.1 Å². The second-order valence-electron chi connectivity index (χ2n) is 7.81. The van der Waals surface area contributed by atoms with Crippen LogP contribution in [-0.4, -0.2) is 18.2 Å². The molecule has 0 unspecified atom stereocenters. The van der Waals surface area contributed by atoms with Crippen LogP contribution in [0.15, 0.2) is 115 Å². The molecule has 34 heavy (non-hydrogen) atoms. The highest BCUT2D eigenvalue weighted by molar-refractivity contribution is 5.82. The Bertz CT molecular complexity index is 1010. The van der Waals surface area contributed by atoms with E-state index in [2.05, 4.69) is 13.0 Å². The fourth-order valence-electron chi connectivity index (χ4n) is 3.27. The molecule has 0 fully saturated rings. The topological polar surface area (TPSA) is 44.8 Å². The Labute approximate surface area is 202 Å². The first-order valence-corrected chi connectivity index (χ1v) is 11.6. The zero-order valence-electron chi connectivity index (χ0n) is 19.6. The summed E-state index contributed by atoms with van der Waals surface area (Å²) in [6.45, 7) is 3.14. The second-order valence-corrected chi connectivity index (χ2v) is 7.81. The van der Waals surface area contributed by atoms with Gasteiger partial charge in [-0.15, -0.1) is 0 Å². The molecular formula is C30H32O4. The lowest BCUT2D eigenvalue weighted by atomic mass is 10.1. The molecule has 0 saturated heterocycles. The first-order valence-electron chi connectivity index (χ1n) is 11.6. The van der Waals surface area contributed by atoms with Gasteiger partial charge >= 0.3 is 5.97 Å². The van der Waals surface area contributed by atoms with Gasteiger partial charge in [0.25, 0.3) is 0 Å². The molecule has 4 heteroatoms. The number of hydrogen-bond donors (Lipinski definition) is 0. The molecule has 0 saturated carbocycles. The predicted octanol–water partition coefficient (Wildman–Crippen LogP) is 6.42. The highest BCUT2D eigenvalue weighted by atomic mass is 16.5. The van der Waals surface area contributed by atoms with E-state index in [9.17, 15) is 4.79 Å².